The van der Waals surface area contributed by atoms with E-state index in [1.165, 1.54) is 17.9 Å². The zero-order chi connectivity index (χ0) is 20.8. The summed E-state index contributed by atoms with van der Waals surface area (Å²) in [6, 6.07) is 14.5. The van der Waals surface area contributed by atoms with Crippen LogP contribution >= 0.6 is 0 Å². The number of anilines is 1. The lowest BCUT2D eigenvalue weighted by Gasteiger charge is -2.19. The minimum absolute atomic E-state index is 0.343. The normalized spacial score (nSPS) is 12.8. The second kappa shape index (κ2) is 9.09. The van der Waals surface area contributed by atoms with Gasteiger partial charge in [-0.3, -0.25) is 4.79 Å². The van der Waals surface area contributed by atoms with Gasteiger partial charge < -0.3 is 10.1 Å². The Labute approximate surface area is 168 Å². The van der Waals surface area contributed by atoms with E-state index in [0.717, 1.165) is 16.7 Å². The van der Waals surface area contributed by atoms with Crippen LogP contribution in [0.4, 0.5) is 5.69 Å². The molecule has 0 saturated carbocycles. The van der Waals surface area contributed by atoms with Gasteiger partial charge in [-0.15, -0.1) is 5.10 Å². The summed E-state index contributed by atoms with van der Waals surface area (Å²) in [5.41, 5.74) is 3.58. The predicted octanol–water partition coefficient (Wildman–Crippen LogP) is 2.64. The van der Waals surface area contributed by atoms with Crippen LogP contribution < -0.4 is 5.32 Å². The Balaban J connectivity index is 1.69. The molecule has 0 bridgehead atoms. The molecule has 0 aliphatic heterocycles. The van der Waals surface area contributed by atoms with E-state index < -0.39 is 24.0 Å². The lowest BCUT2D eigenvalue weighted by Crippen LogP contribution is -2.34. The van der Waals surface area contributed by atoms with E-state index in [1.54, 1.807) is 0 Å². The molecule has 0 spiro atoms. The average Bonchev–Trinajstić information content (AvgIpc) is 3.24. The van der Waals surface area contributed by atoms with Crippen molar-refractivity contribution in [1.82, 2.24) is 20.2 Å². The maximum atomic E-state index is 12.8. The minimum Gasteiger partial charge on any atom is -0.451 e. The van der Waals surface area contributed by atoms with Gasteiger partial charge in [0.1, 0.15) is 6.33 Å². The van der Waals surface area contributed by atoms with Crippen LogP contribution in [0.1, 0.15) is 29.7 Å². The lowest BCUT2D eigenvalue weighted by molar-refractivity contribution is -0.156. The zero-order valence-electron chi connectivity index (χ0n) is 16.6. The molecule has 0 radical (unpaired) electrons. The van der Waals surface area contributed by atoms with Crippen LogP contribution in [0.5, 0.6) is 0 Å². The highest BCUT2D eigenvalue weighted by Crippen LogP contribution is 2.18. The van der Waals surface area contributed by atoms with Crippen molar-refractivity contribution in [2.75, 3.05) is 5.32 Å². The van der Waals surface area contributed by atoms with Gasteiger partial charge in [0, 0.05) is 12.1 Å². The molecule has 1 N–H and O–H groups in total. The summed E-state index contributed by atoms with van der Waals surface area (Å²) >= 11 is 0. The molecule has 2 atom stereocenters. The molecular formula is C21H23N5O3. The molecule has 0 aliphatic carbocycles. The molecular weight excluding hydrogens is 370 g/mol. The van der Waals surface area contributed by atoms with Gasteiger partial charge in [-0.1, -0.05) is 42.5 Å². The van der Waals surface area contributed by atoms with Crippen LogP contribution in [-0.4, -0.2) is 38.2 Å². The molecule has 2 aromatic carbocycles. The van der Waals surface area contributed by atoms with Gasteiger partial charge in [-0.25, -0.2) is 9.48 Å². The highest BCUT2D eigenvalue weighted by molar-refractivity contribution is 5.96. The highest BCUT2D eigenvalue weighted by Gasteiger charge is 2.28. The Kier molecular flexibility index (Phi) is 6.33. The Morgan fingerprint density at radius 2 is 1.90 bits per heavy atom. The number of rotatable bonds is 7. The predicted molar refractivity (Wildman–Crippen MR) is 107 cm³/mol. The molecule has 1 amide bonds. The van der Waals surface area contributed by atoms with Crippen molar-refractivity contribution in [3.8, 4) is 0 Å². The first-order chi connectivity index (χ1) is 13.9. The summed E-state index contributed by atoms with van der Waals surface area (Å²) in [4.78, 5) is 25.4. The monoisotopic (exact) mass is 393 g/mol. The number of hydrogen-bond donors (Lipinski definition) is 1. The summed E-state index contributed by atoms with van der Waals surface area (Å²) in [6.45, 7) is 5.38. The first-order valence-corrected chi connectivity index (χ1v) is 9.29. The smallest absolute Gasteiger partial charge is 0.332 e. The van der Waals surface area contributed by atoms with Crippen LogP contribution in [0.25, 0.3) is 0 Å². The standard InChI is InChI=1S/C21H23N5O3/c1-14-9-10-15(2)18(11-14)23-20(27)16(3)29-21(28)19(26-13-22-24-25-26)12-17-7-5-4-6-8-17/h4-11,13,16,19H,12H2,1-3H3,(H,23,27)/t16-,19-/m1/s1. The Morgan fingerprint density at radius 1 is 1.14 bits per heavy atom. The van der Waals surface area contributed by atoms with Crippen molar-refractivity contribution in [2.45, 2.75) is 39.3 Å². The molecule has 150 valence electrons. The van der Waals surface area contributed by atoms with E-state index >= 15 is 0 Å². The van der Waals surface area contributed by atoms with Gasteiger partial charge in [-0.2, -0.15) is 0 Å². The van der Waals surface area contributed by atoms with Crippen LogP contribution in [0.15, 0.2) is 54.9 Å². The van der Waals surface area contributed by atoms with Crippen molar-refractivity contribution >= 4 is 17.6 Å². The third kappa shape index (κ3) is 5.25. The summed E-state index contributed by atoms with van der Waals surface area (Å²) in [7, 11) is 0. The van der Waals surface area contributed by atoms with Crippen molar-refractivity contribution in [1.29, 1.82) is 0 Å². The summed E-state index contributed by atoms with van der Waals surface area (Å²) in [6.07, 6.45) is 0.725. The molecule has 1 aromatic heterocycles. The number of carbonyl (C=O) groups excluding carboxylic acids is 2. The number of nitrogens with zero attached hydrogens (tertiary/aromatic N) is 4. The van der Waals surface area contributed by atoms with Gasteiger partial charge in [0.15, 0.2) is 12.1 Å². The number of tetrazole rings is 1. The fraction of sp³-hybridized carbons (Fsp3) is 0.286. The van der Waals surface area contributed by atoms with Gasteiger partial charge in [0.2, 0.25) is 0 Å². The molecule has 3 aromatic rings. The van der Waals surface area contributed by atoms with Crippen molar-refractivity contribution in [3.05, 3.63) is 71.5 Å². The van der Waals surface area contributed by atoms with E-state index in [-0.39, 0.29) is 0 Å². The number of nitrogens with one attached hydrogen (secondary N) is 1. The molecule has 1 heterocycles. The molecule has 8 heteroatoms. The highest BCUT2D eigenvalue weighted by atomic mass is 16.5. The first-order valence-electron chi connectivity index (χ1n) is 9.29. The molecule has 0 saturated heterocycles. The number of benzene rings is 2. The van der Waals surface area contributed by atoms with Crippen LogP contribution in [0, 0.1) is 13.8 Å². The lowest BCUT2D eigenvalue weighted by atomic mass is 10.1. The molecule has 0 aliphatic rings. The van der Waals surface area contributed by atoms with Crippen LogP contribution in [0.3, 0.4) is 0 Å². The first kappa shape index (κ1) is 20.2. The van der Waals surface area contributed by atoms with Gasteiger partial charge in [-0.05, 0) is 54.0 Å². The van der Waals surface area contributed by atoms with E-state index in [9.17, 15) is 9.59 Å². The van der Waals surface area contributed by atoms with E-state index in [2.05, 4.69) is 20.8 Å². The van der Waals surface area contributed by atoms with Gasteiger partial charge in [0.05, 0.1) is 0 Å². The van der Waals surface area contributed by atoms with Crippen LogP contribution in [-0.2, 0) is 20.7 Å². The molecule has 0 fully saturated rings. The van der Waals surface area contributed by atoms with Crippen molar-refractivity contribution in [3.63, 3.8) is 0 Å². The Hall–Kier alpha value is -3.55. The number of esters is 1. The number of amides is 1. The third-order valence-corrected chi connectivity index (χ3v) is 4.54. The van der Waals surface area contributed by atoms with Crippen LogP contribution in [0.2, 0.25) is 0 Å². The largest absolute Gasteiger partial charge is 0.451 e. The van der Waals surface area contributed by atoms with E-state index in [0.29, 0.717) is 12.1 Å². The van der Waals surface area contributed by atoms with Gasteiger partial charge in [0.25, 0.3) is 5.91 Å². The topological polar surface area (TPSA) is 99.0 Å². The number of ether oxygens (including phenoxy) is 1. The zero-order valence-corrected chi connectivity index (χ0v) is 16.6. The maximum Gasteiger partial charge on any atom is 0.332 e. The van der Waals surface area contributed by atoms with Crippen molar-refractivity contribution in [2.24, 2.45) is 0 Å². The second-order valence-corrected chi connectivity index (χ2v) is 6.88. The van der Waals surface area contributed by atoms with Gasteiger partial charge >= 0.3 is 5.97 Å². The Morgan fingerprint density at radius 3 is 2.59 bits per heavy atom. The number of carbonyl (C=O) groups is 2. The molecule has 0 unspecified atom stereocenters. The quantitative estimate of drug-likeness (QED) is 0.620. The summed E-state index contributed by atoms with van der Waals surface area (Å²) in [5.74, 6) is -0.980. The average molecular weight is 393 g/mol. The van der Waals surface area contributed by atoms with E-state index in [4.69, 9.17) is 4.74 Å². The van der Waals surface area contributed by atoms with Crippen molar-refractivity contribution < 1.29 is 14.3 Å². The fourth-order valence-electron chi connectivity index (χ4n) is 2.84. The SMILES string of the molecule is Cc1ccc(C)c(NC(=O)[C@@H](C)OC(=O)[C@@H](Cc2ccccc2)n2cnnn2)c1. The molecule has 3 rings (SSSR count). The maximum absolute atomic E-state index is 12.8. The third-order valence-electron chi connectivity index (χ3n) is 4.54. The summed E-state index contributed by atoms with van der Waals surface area (Å²) < 4.78 is 6.78. The second-order valence-electron chi connectivity index (χ2n) is 6.88. The summed E-state index contributed by atoms with van der Waals surface area (Å²) in [5, 5.41) is 13.8. The van der Waals surface area contributed by atoms with E-state index in [1.807, 2.05) is 62.4 Å². The number of aryl methyl sites for hydroxylation is 2. The number of hydrogen-bond acceptors (Lipinski definition) is 6. The minimum atomic E-state index is -0.975. The molecule has 8 nitrogen and oxygen atoms in total. The fourth-order valence-corrected chi connectivity index (χ4v) is 2.84. The molecule has 29 heavy (non-hydrogen) atoms. The Bertz CT molecular complexity index is 973. The number of aromatic nitrogens is 4.